The Labute approximate surface area is 122 Å². The van der Waals surface area contributed by atoms with E-state index in [1.54, 1.807) is 6.07 Å². The first-order valence-electron chi connectivity index (χ1n) is 6.06. The molecule has 3 N–H and O–H groups in total. The third-order valence-corrected chi connectivity index (χ3v) is 3.97. The van der Waals surface area contributed by atoms with Gasteiger partial charge in [-0.3, -0.25) is 4.79 Å². The van der Waals surface area contributed by atoms with E-state index in [1.807, 2.05) is 0 Å². The first kappa shape index (κ1) is 16.9. The molecule has 0 radical (unpaired) electrons. The van der Waals surface area contributed by atoms with Crippen molar-refractivity contribution in [1.82, 2.24) is 10.0 Å². The quantitative estimate of drug-likeness (QED) is 0.623. The van der Waals surface area contributed by atoms with Crippen LogP contribution in [0.5, 0.6) is 0 Å². The Bertz CT molecular complexity index is 652. The van der Waals surface area contributed by atoms with Crippen LogP contribution in [0.1, 0.15) is 12.0 Å². The lowest BCUT2D eigenvalue weighted by Crippen LogP contribution is -2.29. The second kappa shape index (κ2) is 7.55. The van der Waals surface area contributed by atoms with Gasteiger partial charge in [0.1, 0.15) is 0 Å². The molecule has 21 heavy (non-hydrogen) atoms. The molecule has 0 aromatic heterocycles. The van der Waals surface area contributed by atoms with Crippen LogP contribution in [0, 0.1) is 0 Å². The maximum absolute atomic E-state index is 12.0. The van der Waals surface area contributed by atoms with Crippen LogP contribution in [-0.2, 0) is 19.6 Å². The highest BCUT2D eigenvalue weighted by molar-refractivity contribution is 7.89. The van der Waals surface area contributed by atoms with Crippen molar-refractivity contribution in [2.45, 2.75) is 11.3 Å². The topological polar surface area (TPSA) is 113 Å². The number of amides is 1. The second-order valence-corrected chi connectivity index (χ2v) is 5.83. The van der Waals surface area contributed by atoms with Gasteiger partial charge in [-0.2, -0.15) is 0 Å². The van der Waals surface area contributed by atoms with Gasteiger partial charge in [0.05, 0.1) is 4.90 Å². The molecule has 1 amide bonds. The van der Waals surface area contributed by atoms with Crippen LogP contribution in [0.4, 0.5) is 0 Å². The molecule has 0 spiro atoms. The predicted molar refractivity (Wildman–Crippen MR) is 77.0 cm³/mol. The molecule has 0 aliphatic carbocycles. The standard InChI is InChI=1S/C13H16N2O5S/c1-14-12(16)7-8-15-21(19,20)11-4-2-3-10(9-11)5-6-13(17)18/h2-6,9,15H,7-8H2,1H3,(H,14,16)(H,17,18). The SMILES string of the molecule is CNC(=O)CCNS(=O)(=O)c1cccc(C=CC(=O)O)c1. The average molecular weight is 312 g/mol. The van der Waals surface area contributed by atoms with Gasteiger partial charge in [-0.05, 0) is 23.8 Å². The molecule has 0 saturated heterocycles. The molecule has 7 nitrogen and oxygen atoms in total. The highest BCUT2D eigenvalue weighted by Gasteiger charge is 2.14. The summed E-state index contributed by atoms with van der Waals surface area (Å²) in [6, 6.07) is 5.83. The number of sulfonamides is 1. The van der Waals surface area contributed by atoms with E-state index in [2.05, 4.69) is 10.0 Å². The number of aliphatic carboxylic acids is 1. The van der Waals surface area contributed by atoms with Gasteiger partial charge >= 0.3 is 5.97 Å². The van der Waals surface area contributed by atoms with Crippen molar-refractivity contribution in [2.24, 2.45) is 0 Å². The molecule has 114 valence electrons. The number of carbonyl (C=O) groups excluding carboxylic acids is 1. The lowest BCUT2D eigenvalue weighted by molar-refractivity contribution is -0.131. The zero-order valence-electron chi connectivity index (χ0n) is 11.4. The number of carbonyl (C=O) groups is 2. The van der Waals surface area contributed by atoms with Gasteiger partial charge in [-0.25, -0.2) is 17.9 Å². The van der Waals surface area contributed by atoms with Crippen LogP contribution in [0.2, 0.25) is 0 Å². The molecule has 1 rings (SSSR count). The van der Waals surface area contributed by atoms with E-state index < -0.39 is 16.0 Å². The fraction of sp³-hybridized carbons (Fsp3) is 0.231. The summed E-state index contributed by atoms with van der Waals surface area (Å²) in [6.45, 7) is -0.0167. The Hall–Kier alpha value is -2.19. The van der Waals surface area contributed by atoms with E-state index >= 15 is 0 Å². The van der Waals surface area contributed by atoms with Crippen LogP contribution in [0.15, 0.2) is 35.2 Å². The Kier molecular flexibility index (Phi) is 6.07. The molecule has 8 heteroatoms. The van der Waals surface area contributed by atoms with Gasteiger partial charge < -0.3 is 10.4 Å². The second-order valence-electron chi connectivity index (χ2n) is 4.07. The highest BCUT2D eigenvalue weighted by Crippen LogP contribution is 2.12. The third-order valence-electron chi connectivity index (χ3n) is 2.51. The maximum atomic E-state index is 12.0. The van der Waals surface area contributed by atoms with Gasteiger partial charge in [0, 0.05) is 26.1 Å². The Balaban J connectivity index is 2.81. The number of nitrogens with one attached hydrogen (secondary N) is 2. The van der Waals surface area contributed by atoms with Crippen molar-refractivity contribution >= 4 is 28.0 Å². The summed E-state index contributed by atoms with van der Waals surface area (Å²) >= 11 is 0. The first-order valence-corrected chi connectivity index (χ1v) is 7.55. The van der Waals surface area contributed by atoms with E-state index in [0.29, 0.717) is 5.56 Å². The Morgan fingerprint density at radius 3 is 2.67 bits per heavy atom. The van der Waals surface area contributed by atoms with Crippen LogP contribution in [0.3, 0.4) is 0 Å². The molecule has 0 unspecified atom stereocenters. The average Bonchev–Trinajstić information content (AvgIpc) is 2.45. The summed E-state index contributed by atoms with van der Waals surface area (Å²) in [6.07, 6.45) is 2.25. The first-order chi connectivity index (χ1) is 9.85. The lowest BCUT2D eigenvalue weighted by atomic mass is 10.2. The van der Waals surface area contributed by atoms with Crippen molar-refractivity contribution in [3.63, 3.8) is 0 Å². The number of rotatable bonds is 7. The number of carboxylic acids is 1. The van der Waals surface area contributed by atoms with Crippen molar-refractivity contribution < 1.29 is 23.1 Å². The van der Waals surface area contributed by atoms with E-state index in [0.717, 1.165) is 6.08 Å². The zero-order chi connectivity index (χ0) is 15.9. The Morgan fingerprint density at radius 1 is 1.33 bits per heavy atom. The van der Waals surface area contributed by atoms with E-state index in [1.165, 1.54) is 31.3 Å². The molecule has 0 aliphatic rings. The third kappa shape index (κ3) is 5.76. The molecule has 1 aromatic rings. The van der Waals surface area contributed by atoms with Crippen molar-refractivity contribution in [2.75, 3.05) is 13.6 Å². The zero-order valence-corrected chi connectivity index (χ0v) is 12.2. The van der Waals surface area contributed by atoms with Crippen molar-refractivity contribution in [1.29, 1.82) is 0 Å². The van der Waals surface area contributed by atoms with Crippen LogP contribution in [-0.4, -0.2) is 39.0 Å². The molecule has 0 aliphatic heterocycles. The number of carboxylic acid groups (broad SMARTS) is 1. The molecule has 1 aromatic carbocycles. The van der Waals surface area contributed by atoms with Gasteiger partial charge in [0.25, 0.3) is 0 Å². The summed E-state index contributed by atoms with van der Waals surface area (Å²) in [5.74, 6) is -1.39. The molecule has 0 fully saturated rings. The van der Waals surface area contributed by atoms with E-state index in [9.17, 15) is 18.0 Å². The Morgan fingerprint density at radius 2 is 2.05 bits per heavy atom. The molecular weight excluding hydrogens is 296 g/mol. The number of benzene rings is 1. The summed E-state index contributed by atoms with van der Waals surface area (Å²) < 4.78 is 26.3. The van der Waals surface area contributed by atoms with E-state index in [4.69, 9.17) is 5.11 Å². The minimum absolute atomic E-state index is 0.00643. The predicted octanol–water partition coefficient (Wildman–Crippen LogP) is 0.199. The van der Waals surface area contributed by atoms with Gasteiger partial charge in [-0.1, -0.05) is 12.1 Å². The minimum atomic E-state index is -3.74. The molecule has 0 atom stereocenters. The number of hydrogen-bond acceptors (Lipinski definition) is 4. The van der Waals surface area contributed by atoms with Gasteiger partial charge in [-0.15, -0.1) is 0 Å². The van der Waals surface area contributed by atoms with Gasteiger partial charge in [0.2, 0.25) is 15.9 Å². The summed E-state index contributed by atoms with van der Waals surface area (Å²) in [7, 11) is -2.27. The molecule has 0 bridgehead atoms. The molecule has 0 saturated carbocycles. The van der Waals surface area contributed by atoms with E-state index in [-0.39, 0.29) is 23.8 Å². The van der Waals surface area contributed by atoms with Crippen LogP contribution >= 0.6 is 0 Å². The fourth-order valence-electron chi connectivity index (χ4n) is 1.46. The monoisotopic (exact) mass is 312 g/mol. The lowest BCUT2D eigenvalue weighted by Gasteiger charge is -2.07. The normalized spacial score (nSPS) is 11.5. The largest absolute Gasteiger partial charge is 0.478 e. The minimum Gasteiger partial charge on any atom is -0.478 e. The highest BCUT2D eigenvalue weighted by atomic mass is 32.2. The summed E-state index contributed by atoms with van der Waals surface area (Å²) in [5.41, 5.74) is 0.451. The summed E-state index contributed by atoms with van der Waals surface area (Å²) in [4.78, 5) is 21.5. The fourth-order valence-corrected chi connectivity index (χ4v) is 2.55. The molecule has 0 heterocycles. The smallest absolute Gasteiger partial charge is 0.328 e. The van der Waals surface area contributed by atoms with Crippen LogP contribution in [0.25, 0.3) is 6.08 Å². The van der Waals surface area contributed by atoms with Crippen molar-refractivity contribution in [3.8, 4) is 0 Å². The summed E-state index contributed by atoms with van der Waals surface area (Å²) in [5, 5.41) is 10.9. The van der Waals surface area contributed by atoms with Crippen LogP contribution < -0.4 is 10.0 Å². The number of hydrogen-bond donors (Lipinski definition) is 3. The van der Waals surface area contributed by atoms with Gasteiger partial charge in [0.15, 0.2) is 0 Å². The maximum Gasteiger partial charge on any atom is 0.328 e. The molecular formula is C13H16N2O5S. The van der Waals surface area contributed by atoms with Crippen molar-refractivity contribution in [3.05, 3.63) is 35.9 Å².